The van der Waals surface area contributed by atoms with E-state index in [1.807, 2.05) is 18.7 Å². The van der Waals surface area contributed by atoms with Gasteiger partial charge in [-0.2, -0.15) is 16.1 Å². The molecule has 0 saturated carbocycles. The Hall–Kier alpha value is 0.220. The van der Waals surface area contributed by atoms with Crippen LogP contribution in [-0.4, -0.2) is 55.2 Å². The van der Waals surface area contributed by atoms with Gasteiger partial charge in [0.1, 0.15) is 0 Å². The number of nitrogens with one attached hydrogen (secondary N) is 1. The minimum absolute atomic E-state index is 0.150. The van der Waals surface area contributed by atoms with E-state index >= 15 is 0 Å². The highest BCUT2D eigenvalue weighted by molar-refractivity contribution is 7.99. The molecule has 0 radical (unpaired) electrons. The Kier molecular flexibility index (Phi) is 6.26. The van der Waals surface area contributed by atoms with Crippen LogP contribution in [0.1, 0.15) is 27.2 Å². The molecule has 1 fully saturated rings. The van der Waals surface area contributed by atoms with Crippen molar-refractivity contribution in [3.8, 4) is 0 Å². The summed E-state index contributed by atoms with van der Waals surface area (Å²) in [5.41, 5.74) is 0. The van der Waals surface area contributed by atoms with Crippen LogP contribution in [-0.2, 0) is 10.0 Å². The third kappa shape index (κ3) is 5.16. The van der Waals surface area contributed by atoms with Crippen molar-refractivity contribution >= 4 is 21.8 Å². The van der Waals surface area contributed by atoms with E-state index in [9.17, 15) is 8.42 Å². The highest BCUT2D eigenvalue weighted by atomic mass is 32.2. The predicted molar refractivity (Wildman–Crippen MR) is 75.0 cm³/mol. The molecule has 1 heterocycles. The molecule has 17 heavy (non-hydrogen) atoms. The lowest BCUT2D eigenvalue weighted by molar-refractivity contribution is 0.366. The third-order valence-electron chi connectivity index (χ3n) is 2.80. The average Bonchev–Trinajstić information content (AvgIpc) is 2.24. The Morgan fingerprint density at radius 2 is 2.18 bits per heavy atom. The molecule has 6 heteroatoms. The topological polar surface area (TPSA) is 49.4 Å². The molecule has 1 atom stereocenters. The number of hydrogen-bond acceptors (Lipinski definition) is 4. The Bertz CT molecular complexity index is 317. The zero-order valence-electron chi connectivity index (χ0n) is 11.0. The van der Waals surface area contributed by atoms with Gasteiger partial charge in [-0.05, 0) is 19.9 Å². The lowest BCUT2D eigenvalue weighted by Gasteiger charge is -2.32. The molecule has 1 aliphatic heterocycles. The van der Waals surface area contributed by atoms with Crippen LogP contribution in [0, 0.1) is 0 Å². The van der Waals surface area contributed by atoms with Gasteiger partial charge in [-0.25, -0.2) is 8.42 Å². The summed E-state index contributed by atoms with van der Waals surface area (Å²) in [6, 6.07) is 0.569. The summed E-state index contributed by atoms with van der Waals surface area (Å²) in [5, 5.41) is 3.25. The second kappa shape index (κ2) is 6.97. The van der Waals surface area contributed by atoms with Gasteiger partial charge in [0.15, 0.2) is 0 Å². The van der Waals surface area contributed by atoms with Gasteiger partial charge in [-0.15, -0.1) is 0 Å². The first-order valence-electron chi connectivity index (χ1n) is 6.24. The lowest BCUT2D eigenvalue weighted by atomic mass is 10.4. The quantitative estimate of drug-likeness (QED) is 0.741. The van der Waals surface area contributed by atoms with E-state index in [1.54, 1.807) is 4.31 Å². The zero-order chi connectivity index (χ0) is 12.9. The fourth-order valence-corrected chi connectivity index (χ4v) is 4.85. The number of hydrogen-bond donors (Lipinski definition) is 1. The highest BCUT2D eigenvalue weighted by Crippen LogP contribution is 2.19. The van der Waals surface area contributed by atoms with Gasteiger partial charge in [0.05, 0.1) is 5.75 Å². The van der Waals surface area contributed by atoms with Crippen LogP contribution in [0.2, 0.25) is 0 Å². The first-order chi connectivity index (χ1) is 7.93. The monoisotopic (exact) mass is 280 g/mol. The summed E-state index contributed by atoms with van der Waals surface area (Å²) in [7, 11) is -3.05. The zero-order valence-corrected chi connectivity index (χ0v) is 12.6. The van der Waals surface area contributed by atoms with Crippen LogP contribution in [0.3, 0.4) is 0 Å². The molecule has 1 aliphatic rings. The van der Waals surface area contributed by atoms with E-state index in [4.69, 9.17) is 0 Å². The lowest BCUT2D eigenvalue weighted by Crippen LogP contribution is -2.45. The molecule has 0 spiro atoms. The van der Waals surface area contributed by atoms with Crippen LogP contribution in [0.4, 0.5) is 0 Å². The number of rotatable bonds is 6. The second-order valence-corrected chi connectivity index (χ2v) is 8.00. The van der Waals surface area contributed by atoms with Crippen molar-refractivity contribution in [3.63, 3.8) is 0 Å². The molecule has 0 bridgehead atoms. The summed E-state index contributed by atoms with van der Waals surface area (Å²) in [4.78, 5) is 0. The van der Waals surface area contributed by atoms with Crippen molar-refractivity contribution in [1.82, 2.24) is 9.62 Å². The van der Waals surface area contributed by atoms with Gasteiger partial charge in [0.25, 0.3) is 0 Å². The summed E-state index contributed by atoms with van der Waals surface area (Å²) in [6.07, 6.45) is 0.691. The van der Waals surface area contributed by atoms with E-state index in [1.165, 1.54) is 0 Å². The van der Waals surface area contributed by atoms with Gasteiger partial charge < -0.3 is 5.32 Å². The van der Waals surface area contributed by atoms with Crippen molar-refractivity contribution in [3.05, 3.63) is 0 Å². The highest BCUT2D eigenvalue weighted by Gasteiger charge is 2.29. The standard InChI is InChI=1S/C11H24N2O2S2/c1-10(2)12-5-4-8-17(14,15)13-6-7-16-9-11(13)3/h10-12H,4-9H2,1-3H3. The van der Waals surface area contributed by atoms with Crippen molar-refractivity contribution < 1.29 is 8.42 Å². The van der Waals surface area contributed by atoms with E-state index in [-0.39, 0.29) is 11.8 Å². The van der Waals surface area contributed by atoms with Gasteiger partial charge >= 0.3 is 0 Å². The maximum Gasteiger partial charge on any atom is 0.214 e. The molecule has 0 aromatic rings. The number of nitrogens with zero attached hydrogens (tertiary/aromatic N) is 1. The van der Waals surface area contributed by atoms with Crippen LogP contribution < -0.4 is 5.32 Å². The largest absolute Gasteiger partial charge is 0.314 e. The van der Waals surface area contributed by atoms with Crippen molar-refractivity contribution in [2.45, 2.75) is 39.3 Å². The summed E-state index contributed by atoms with van der Waals surface area (Å²) in [5.74, 6) is 2.11. The SMILES string of the molecule is CC(C)NCCCS(=O)(=O)N1CCSCC1C. The van der Waals surface area contributed by atoms with Gasteiger partial charge in [-0.3, -0.25) is 0 Å². The summed E-state index contributed by atoms with van der Waals surface area (Å²) >= 11 is 1.84. The molecular formula is C11H24N2O2S2. The molecule has 0 aromatic heterocycles. The molecule has 102 valence electrons. The Balaban J connectivity index is 2.39. The molecule has 1 rings (SSSR count). The first-order valence-corrected chi connectivity index (χ1v) is 9.00. The first kappa shape index (κ1) is 15.3. The summed E-state index contributed by atoms with van der Waals surface area (Å²) < 4.78 is 25.9. The van der Waals surface area contributed by atoms with Gasteiger partial charge in [0.2, 0.25) is 10.0 Å². The molecular weight excluding hydrogens is 256 g/mol. The minimum atomic E-state index is -3.05. The third-order valence-corrected chi connectivity index (χ3v) is 6.05. The average molecular weight is 280 g/mol. The van der Waals surface area contributed by atoms with Crippen molar-refractivity contribution in [2.75, 3.05) is 30.3 Å². The Morgan fingerprint density at radius 1 is 1.47 bits per heavy atom. The molecule has 4 nitrogen and oxygen atoms in total. The number of sulfonamides is 1. The molecule has 1 saturated heterocycles. The van der Waals surface area contributed by atoms with Crippen molar-refractivity contribution in [2.24, 2.45) is 0 Å². The van der Waals surface area contributed by atoms with Gasteiger partial charge in [0, 0.05) is 30.1 Å². The van der Waals surface area contributed by atoms with Crippen LogP contribution >= 0.6 is 11.8 Å². The summed E-state index contributed by atoms with van der Waals surface area (Å²) in [6.45, 7) is 7.58. The van der Waals surface area contributed by atoms with Crippen LogP contribution in [0.15, 0.2) is 0 Å². The Morgan fingerprint density at radius 3 is 2.76 bits per heavy atom. The molecule has 0 amide bonds. The molecule has 0 aliphatic carbocycles. The molecule has 1 unspecified atom stereocenters. The van der Waals surface area contributed by atoms with Crippen LogP contribution in [0.25, 0.3) is 0 Å². The van der Waals surface area contributed by atoms with Crippen LogP contribution in [0.5, 0.6) is 0 Å². The van der Waals surface area contributed by atoms with E-state index < -0.39 is 10.0 Å². The van der Waals surface area contributed by atoms with Gasteiger partial charge in [-0.1, -0.05) is 13.8 Å². The van der Waals surface area contributed by atoms with E-state index in [0.717, 1.165) is 18.1 Å². The maximum atomic E-state index is 12.1. The maximum absolute atomic E-state index is 12.1. The van der Waals surface area contributed by atoms with Crippen molar-refractivity contribution in [1.29, 1.82) is 0 Å². The molecule has 1 N–H and O–H groups in total. The minimum Gasteiger partial charge on any atom is -0.314 e. The number of thioether (sulfide) groups is 1. The van der Waals surface area contributed by atoms with E-state index in [2.05, 4.69) is 19.2 Å². The fraction of sp³-hybridized carbons (Fsp3) is 1.00. The predicted octanol–water partition coefficient (Wildman–Crippen LogP) is 1.14. The Labute approximate surface area is 110 Å². The molecule has 0 aromatic carbocycles. The normalized spacial score (nSPS) is 23.2. The fourth-order valence-electron chi connectivity index (χ4n) is 1.89. The smallest absolute Gasteiger partial charge is 0.214 e. The second-order valence-electron chi connectivity index (χ2n) is 4.81. The van der Waals surface area contributed by atoms with E-state index in [0.29, 0.717) is 19.0 Å².